The van der Waals surface area contributed by atoms with Gasteiger partial charge in [0.15, 0.2) is 0 Å². The van der Waals surface area contributed by atoms with Crippen molar-refractivity contribution in [2.24, 2.45) is 0 Å². The van der Waals surface area contributed by atoms with Gasteiger partial charge in [-0.2, -0.15) is 0 Å². The molecule has 0 aliphatic heterocycles. The van der Waals surface area contributed by atoms with Gasteiger partial charge in [0, 0.05) is 17.8 Å². The molecular weight excluding hydrogens is 250 g/mol. The molecule has 3 heteroatoms. The predicted octanol–water partition coefficient (Wildman–Crippen LogP) is 4.06. The smallest absolute Gasteiger partial charge is 0.303 e. The van der Waals surface area contributed by atoms with E-state index in [1.165, 1.54) is 5.56 Å². The molecule has 3 nitrogen and oxygen atoms in total. The van der Waals surface area contributed by atoms with Gasteiger partial charge < -0.3 is 10.4 Å². The number of rotatable bonds is 5. The van der Waals surface area contributed by atoms with Crippen molar-refractivity contribution in [1.82, 2.24) is 0 Å². The lowest BCUT2D eigenvalue weighted by molar-refractivity contribution is -0.136. The molecule has 0 saturated carbocycles. The molecule has 0 saturated heterocycles. The molecule has 2 rings (SSSR count). The number of nitrogens with one attached hydrogen (secondary N) is 1. The number of aliphatic carboxylic acids is 1. The molecule has 0 amide bonds. The third kappa shape index (κ3) is 3.85. The van der Waals surface area contributed by atoms with E-state index in [1.54, 1.807) is 0 Å². The monoisotopic (exact) mass is 269 g/mol. The second kappa shape index (κ2) is 6.24. The van der Waals surface area contributed by atoms with Gasteiger partial charge in [-0.1, -0.05) is 24.3 Å². The van der Waals surface area contributed by atoms with Crippen LogP contribution in [0.15, 0.2) is 42.5 Å². The van der Waals surface area contributed by atoms with E-state index in [0.29, 0.717) is 6.42 Å². The summed E-state index contributed by atoms with van der Waals surface area (Å²) in [5.41, 5.74) is 5.50. The standard InChI is InChI=1S/C17H19NO2/c1-12-4-3-5-15(10-12)18-16-8-6-14(11-13(16)2)7-9-17(19)20/h3-6,8,10-11,18H,7,9H2,1-2H3,(H,19,20). The third-order valence-corrected chi connectivity index (χ3v) is 3.22. The molecule has 2 aromatic carbocycles. The summed E-state index contributed by atoms with van der Waals surface area (Å²) in [5, 5.41) is 12.1. The van der Waals surface area contributed by atoms with E-state index in [-0.39, 0.29) is 6.42 Å². The first-order chi connectivity index (χ1) is 9.54. The SMILES string of the molecule is Cc1cccc(Nc2ccc(CCC(=O)O)cc2C)c1. The molecule has 0 bridgehead atoms. The van der Waals surface area contributed by atoms with Crippen LogP contribution in [0.2, 0.25) is 0 Å². The molecule has 2 N–H and O–H groups in total. The first-order valence-corrected chi connectivity index (χ1v) is 6.69. The zero-order valence-electron chi connectivity index (χ0n) is 11.8. The summed E-state index contributed by atoms with van der Waals surface area (Å²) >= 11 is 0. The van der Waals surface area contributed by atoms with Crippen LogP contribution in [-0.2, 0) is 11.2 Å². The largest absolute Gasteiger partial charge is 0.481 e. The Bertz CT molecular complexity index is 620. The van der Waals surface area contributed by atoms with E-state index in [1.807, 2.05) is 37.3 Å². The number of carboxylic acids is 1. The number of carboxylic acid groups (broad SMARTS) is 1. The van der Waals surface area contributed by atoms with E-state index < -0.39 is 5.97 Å². The first kappa shape index (κ1) is 14.1. The van der Waals surface area contributed by atoms with Gasteiger partial charge >= 0.3 is 5.97 Å². The Kier molecular flexibility index (Phi) is 4.41. The summed E-state index contributed by atoms with van der Waals surface area (Å²) in [6.07, 6.45) is 0.741. The Labute approximate surface area is 119 Å². The molecule has 0 aromatic heterocycles. The van der Waals surface area contributed by atoms with Crippen LogP contribution in [-0.4, -0.2) is 11.1 Å². The van der Waals surface area contributed by atoms with Crippen LogP contribution in [0.25, 0.3) is 0 Å². The lowest BCUT2D eigenvalue weighted by Crippen LogP contribution is -1.99. The number of anilines is 2. The van der Waals surface area contributed by atoms with Crippen molar-refractivity contribution in [1.29, 1.82) is 0 Å². The average molecular weight is 269 g/mol. The van der Waals surface area contributed by atoms with Crippen molar-refractivity contribution >= 4 is 17.3 Å². The number of hydrogen-bond donors (Lipinski definition) is 2. The van der Waals surface area contributed by atoms with Gasteiger partial charge in [0.25, 0.3) is 0 Å². The van der Waals surface area contributed by atoms with Crippen molar-refractivity contribution in [2.75, 3.05) is 5.32 Å². The number of aryl methyl sites for hydroxylation is 3. The van der Waals surface area contributed by atoms with Crippen LogP contribution in [0.4, 0.5) is 11.4 Å². The van der Waals surface area contributed by atoms with E-state index in [9.17, 15) is 4.79 Å². The molecular formula is C17H19NO2. The van der Waals surface area contributed by atoms with Crippen molar-refractivity contribution in [3.05, 3.63) is 59.2 Å². The summed E-state index contributed by atoms with van der Waals surface area (Å²) in [6, 6.07) is 14.2. The zero-order chi connectivity index (χ0) is 14.5. The van der Waals surface area contributed by atoms with Gasteiger partial charge in [0.05, 0.1) is 0 Å². The minimum Gasteiger partial charge on any atom is -0.481 e. The fraction of sp³-hybridized carbons (Fsp3) is 0.235. The fourth-order valence-corrected chi connectivity index (χ4v) is 2.15. The van der Waals surface area contributed by atoms with E-state index in [2.05, 4.69) is 24.4 Å². The second-order valence-corrected chi connectivity index (χ2v) is 5.04. The van der Waals surface area contributed by atoms with Crippen molar-refractivity contribution in [2.45, 2.75) is 26.7 Å². The number of carbonyl (C=O) groups is 1. The summed E-state index contributed by atoms with van der Waals surface area (Å²) in [7, 11) is 0. The van der Waals surface area contributed by atoms with E-state index in [4.69, 9.17) is 5.11 Å². The zero-order valence-corrected chi connectivity index (χ0v) is 11.8. The summed E-state index contributed by atoms with van der Waals surface area (Å²) in [4.78, 5) is 10.6. The average Bonchev–Trinajstić information content (AvgIpc) is 2.39. The van der Waals surface area contributed by atoms with Crippen LogP contribution >= 0.6 is 0 Å². The Morgan fingerprint density at radius 1 is 1.15 bits per heavy atom. The second-order valence-electron chi connectivity index (χ2n) is 5.04. The molecule has 0 aliphatic rings. The summed E-state index contributed by atoms with van der Waals surface area (Å²) in [6.45, 7) is 4.09. The van der Waals surface area contributed by atoms with Crippen LogP contribution in [0.1, 0.15) is 23.1 Å². The van der Waals surface area contributed by atoms with Crippen molar-refractivity contribution < 1.29 is 9.90 Å². The molecule has 0 heterocycles. The molecule has 0 atom stereocenters. The van der Waals surface area contributed by atoms with Gasteiger partial charge in [-0.05, 0) is 55.2 Å². The molecule has 0 fully saturated rings. The highest BCUT2D eigenvalue weighted by atomic mass is 16.4. The molecule has 0 spiro atoms. The third-order valence-electron chi connectivity index (χ3n) is 3.22. The minimum atomic E-state index is -0.760. The highest BCUT2D eigenvalue weighted by molar-refractivity contribution is 5.67. The lowest BCUT2D eigenvalue weighted by atomic mass is 10.1. The Hall–Kier alpha value is -2.29. The maximum atomic E-state index is 10.6. The normalized spacial score (nSPS) is 10.3. The molecule has 0 aliphatic carbocycles. The Morgan fingerprint density at radius 2 is 1.95 bits per heavy atom. The minimum absolute atomic E-state index is 0.171. The van der Waals surface area contributed by atoms with Crippen LogP contribution in [0.5, 0.6) is 0 Å². The van der Waals surface area contributed by atoms with E-state index in [0.717, 1.165) is 22.5 Å². The van der Waals surface area contributed by atoms with Gasteiger partial charge in [-0.3, -0.25) is 4.79 Å². The molecule has 20 heavy (non-hydrogen) atoms. The first-order valence-electron chi connectivity index (χ1n) is 6.69. The summed E-state index contributed by atoms with van der Waals surface area (Å²) in [5.74, 6) is -0.760. The molecule has 0 radical (unpaired) electrons. The maximum Gasteiger partial charge on any atom is 0.303 e. The van der Waals surface area contributed by atoms with Crippen LogP contribution in [0, 0.1) is 13.8 Å². The number of hydrogen-bond acceptors (Lipinski definition) is 2. The topological polar surface area (TPSA) is 49.3 Å². The lowest BCUT2D eigenvalue weighted by Gasteiger charge is -2.11. The Balaban J connectivity index is 2.11. The van der Waals surface area contributed by atoms with Gasteiger partial charge in [-0.25, -0.2) is 0 Å². The number of benzene rings is 2. The molecule has 2 aromatic rings. The van der Waals surface area contributed by atoms with Crippen molar-refractivity contribution in [3.63, 3.8) is 0 Å². The van der Waals surface area contributed by atoms with E-state index >= 15 is 0 Å². The fourth-order valence-electron chi connectivity index (χ4n) is 2.15. The Morgan fingerprint density at radius 3 is 2.60 bits per heavy atom. The van der Waals surface area contributed by atoms with Gasteiger partial charge in [-0.15, -0.1) is 0 Å². The van der Waals surface area contributed by atoms with Crippen molar-refractivity contribution in [3.8, 4) is 0 Å². The van der Waals surface area contributed by atoms with Crippen LogP contribution < -0.4 is 5.32 Å². The summed E-state index contributed by atoms with van der Waals surface area (Å²) < 4.78 is 0. The maximum absolute atomic E-state index is 10.6. The molecule has 104 valence electrons. The van der Waals surface area contributed by atoms with Gasteiger partial charge in [0.1, 0.15) is 0 Å². The predicted molar refractivity (Wildman–Crippen MR) is 81.6 cm³/mol. The van der Waals surface area contributed by atoms with Gasteiger partial charge in [0.2, 0.25) is 0 Å². The highest BCUT2D eigenvalue weighted by Crippen LogP contribution is 2.22. The highest BCUT2D eigenvalue weighted by Gasteiger charge is 2.03. The molecule has 0 unspecified atom stereocenters. The van der Waals surface area contributed by atoms with Crippen LogP contribution in [0.3, 0.4) is 0 Å². The quantitative estimate of drug-likeness (QED) is 0.860.